The fraction of sp³-hybridized carbons (Fsp3) is 1.00. The molecule has 126 valence electrons. The molecule has 0 amide bonds. The van der Waals surface area contributed by atoms with Crippen molar-refractivity contribution < 1.29 is 9.84 Å². The maximum Gasteiger partial charge on any atom is 0.0589 e. The van der Waals surface area contributed by atoms with Crippen molar-refractivity contribution in [3.8, 4) is 0 Å². The summed E-state index contributed by atoms with van der Waals surface area (Å²) >= 11 is 0. The molecule has 0 unspecified atom stereocenters. The van der Waals surface area contributed by atoms with Gasteiger partial charge >= 0.3 is 0 Å². The first-order valence-corrected chi connectivity index (χ1v) is 8.65. The van der Waals surface area contributed by atoms with Crippen molar-refractivity contribution in [2.75, 3.05) is 53.0 Å². The quantitative estimate of drug-likeness (QED) is 0.613. The monoisotopic (exact) mass is 300 g/mol. The van der Waals surface area contributed by atoms with Crippen LogP contribution in [0.3, 0.4) is 0 Å². The molecule has 0 spiro atoms. The Balaban J connectivity index is 2.56. The SMILES string of the molecule is COCCN(CCO)CC1(CNCC(C)C)CCCCC1. The fourth-order valence-electron chi connectivity index (χ4n) is 3.42. The van der Waals surface area contributed by atoms with Crippen LogP contribution in [0.2, 0.25) is 0 Å². The summed E-state index contributed by atoms with van der Waals surface area (Å²) in [7, 11) is 1.75. The van der Waals surface area contributed by atoms with Crippen LogP contribution < -0.4 is 5.32 Å². The third-order valence-electron chi connectivity index (χ3n) is 4.55. The summed E-state index contributed by atoms with van der Waals surface area (Å²) in [5, 5.41) is 13.0. The van der Waals surface area contributed by atoms with Gasteiger partial charge in [0.15, 0.2) is 0 Å². The van der Waals surface area contributed by atoms with Crippen LogP contribution >= 0.6 is 0 Å². The van der Waals surface area contributed by atoms with Crippen molar-refractivity contribution in [3.63, 3.8) is 0 Å². The van der Waals surface area contributed by atoms with Gasteiger partial charge in [0.25, 0.3) is 0 Å². The van der Waals surface area contributed by atoms with Gasteiger partial charge in [-0.05, 0) is 30.7 Å². The topological polar surface area (TPSA) is 44.7 Å². The Labute approximate surface area is 131 Å². The molecule has 2 N–H and O–H groups in total. The Morgan fingerprint density at radius 3 is 2.48 bits per heavy atom. The van der Waals surface area contributed by atoms with E-state index in [1.807, 2.05) is 0 Å². The molecule has 0 aliphatic heterocycles. The lowest BCUT2D eigenvalue weighted by atomic mass is 9.73. The molecule has 0 radical (unpaired) electrons. The Morgan fingerprint density at radius 1 is 1.19 bits per heavy atom. The number of ether oxygens (including phenoxy) is 1. The predicted molar refractivity (Wildman–Crippen MR) is 88.6 cm³/mol. The Morgan fingerprint density at radius 2 is 1.90 bits per heavy atom. The second-order valence-corrected chi connectivity index (χ2v) is 7.08. The van der Waals surface area contributed by atoms with Crippen LogP contribution in [0, 0.1) is 11.3 Å². The molecular weight excluding hydrogens is 264 g/mol. The van der Waals surface area contributed by atoms with E-state index in [1.54, 1.807) is 7.11 Å². The lowest BCUT2D eigenvalue weighted by Crippen LogP contribution is -2.47. The highest BCUT2D eigenvalue weighted by molar-refractivity contribution is 4.88. The summed E-state index contributed by atoms with van der Waals surface area (Å²) in [6, 6.07) is 0. The van der Waals surface area contributed by atoms with Crippen molar-refractivity contribution in [2.45, 2.75) is 46.0 Å². The van der Waals surface area contributed by atoms with Crippen molar-refractivity contribution in [1.29, 1.82) is 0 Å². The number of methoxy groups -OCH3 is 1. The Kier molecular flexibility index (Phi) is 9.49. The first kappa shape index (κ1) is 18.9. The number of nitrogens with one attached hydrogen (secondary N) is 1. The second kappa shape index (κ2) is 10.5. The zero-order chi connectivity index (χ0) is 15.6. The first-order chi connectivity index (χ1) is 10.1. The molecule has 0 bridgehead atoms. The van der Waals surface area contributed by atoms with Gasteiger partial charge in [0.1, 0.15) is 0 Å². The van der Waals surface area contributed by atoms with E-state index in [0.717, 1.165) is 39.3 Å². The number of aliphatic hydroxyl groups excluding tert-OH is 1. The van der Waals surface area contributed by atoms with Crippen LogP contribution in [0.1, 0.15) is 46.0 Å². The zero-order valence-corrected chi connectivity index (χ0v) is 14.4. The van der Waals surface area contributed by atoms with Crippen LogP contribution in [0.15, 0.2) is 0 Å². The van der Waals surface area contributed by atoms with E-state index in [2.05, 4.69) is 24.1 Å². The molecule has 4 nitrogen and oxygen atoms in total. The molecule has 0 aromatic carbocycles. The van der Waals surface area contributed by atoms with Gasteiger partial charge in [-0.1, -0.05) is 33.1 Å². The average Bonchev–Trinajstić information content (AvgIpc) is 2.45. The maximum absolute atomic E-state index is 9.30. The van der Waals surface area contributed by atoms with Gasteiger partial charge in [0.2, 0.25) is 0 Å². The summed E-state index contributed by atoms with van der Waals surface area (Å²) in [5.74, 6) is 0.702. The normalized spacial score (nSPS) is 18.6. The van der Waals surface area contributed by atoms with Crippen molar-refractivity contribution >= 4 is 0 Å². The molecule has 0 saturated heterocycles. The molecule has 1 rings (SSSR count). The van der Waals surface area contributed by atoms with Gasteiger partial charge < -0.3 is 15.2 Å². The molecule has 1 aliphatic carbocycles. The lowest BCUT2D eigenvalue weighted by molar-refractivity contribution is 0.0674. The largest absolute Gasteiger partial charge is 0.395 e. The van der Waals surface area contributed by atoms with E-state index in [1.165, 1.54) is 32.1 Å². The van der Waals surface area contributed by atoms with Gasteiger partial charge in [-0.3, -0.25) is 4.90 Å². The van der Waals surface area contributed by atoms with Crippen molar-refractivity contribution in [3.05, 3.63) is 0 Å². The summed E-state index contributed by atoms with van der Waals surface area (Å²) in [6.07, 6.45) is 6.70. The van der Waals surface area contributed by atoms with Gasteiger partial charge in [-0.2, -0.15) is 0 Å². The molecule has 0 heterocycles. The number of aliphatic hydroxyl groups is 1. The van der Waals surface area contributed by atoms with E-state index in [0.29, 0.717) is 11.3 Å². The minimum atomic E-state index is 0.235. The summed E-state index contributed by atoms with van der Waals surface area (Å²) in [5.41, 5.74) is 0.385. The third-order valence-corrected chi connectivity index (χ3v) is 4.55. The van der Waals surface area contributed by atoms with Crippen LogP contribution in [-0.2, 0) is 4.74 Å². The van der Waals surface area contributed by atoms with Gasteiger partial charge in [0, 0.05) is 33.3 Å². The second-order valence-electron chi connectivity index (χ2n) is 7.08. The molecule has 0 aromatic heterocycles. The first-order valence-electron chi connectivity index (χ1n) is 8.65. The fourth-order valence-corrected chi connectivity index (χ4v) is 3.42. The van der Waals surface area contributed by atoms with Crippen LogP contribution in [-0.4, -0.2) is 63.1 Å². The van der Waals surface area contributed by atoms with Gasteiger partial charge in [0.05, 0.1) is 13.2 Å². The van der Waals surface area contributed by atoms with Gasteiger partial charge in [-0.15, -0.1) is 0 Å². The smallest absolute Gasteiger partial charge is 0.0589 e. The summed E-state index contributed by atoms with van der Waals surface area (Å²) < 4.78 is 5.21. The van der Waals surface area contributed by atoms with Crippen LogP contribution in [0.25, 0.3) is 0 Å². The predicted octanol–water partition coefficient (Wildman–Crippen LogP) is 2.12. The number of rotatable bonds is 11. The van der Waals surface area contributed by atoms with E-state index >= 15 is 0 Å². The summed E-state index contributed by atoms with van der Waals surface area (Å²) in [4.78, 5) is 2.38. The third kappa shape index (κ3) is 7.59. The highest BCUT2D eigenvalue weighted by Crippen LogP contribution is 2.36. The number of hydrogen-bond acceptors (Lipinski definition) is 4. The highest BCUT2D eigenvalue weighted by Gasteiger charge is 2.33. The molecule has 4 heteroatoms. The molecule has 0 atom stereocenters. The Hall–Kier alpha value is -0.160. The minimum absolute atomic E-state index is 0.235. The van der Waals surface area contributed by atoms with Crippen LogP contribution in [0.5, 0.6) is 0 Å². The summed E-state index contributed by atoms with van der Waals surface area (Å²) in [6.45, 7) is 10.5. The van der Waals surface area contributed by atoms with Crippen molar-refractivity contribution in [1.82, 2.24) is 10.2 Å². The van der Waals surface area contributed by atoms with Gasteiger partial charge in [-0.25, -0.2) is 0 Å². The zero-order valence-electron chi connectivity index (χ0n) is 14.4. The molecule has 1 saturated carbocycles. The van der Waals surface area contributed by atoms with Crippen LogP contribution in [0.4, 0.5) is 0 Å². The molecule has 0 aromatic rings. The highest BCUT2D eigenvalue weighted by atomic mass is 16.5. The molecule has 1 aliphatic rings. The average molecular weight is 300 g/mol. The molecule has 21 heavy (non-hydrogen) atoms. The Bertz CT molecular complexity index is 253. The number of nitrogens with zero attached hydrogens (tertiary/aromatic N) is 1. The van der Waals surface area contributed by atoms with E-state index in [9.17, 15) is 5.11 Å². The van der Waals surface area contributed by atoms with Crippen molar-refractivity contribution in [2.24, 2.45) is 11.3 Å². The standard InChI is InChI=1S/C17H36N2O2/c1-16(2)13-18-14-17(7-5-4-6-8-17)15-19(9-11-20)10-12-21-3/h16,18,20H,4-15H2,1-3H3. The minimum Gasteiger partial charge on any atom is -0.395 e. The molecular formula is C17H36N2O2. The lowest BCUT2D eigenvalue weighted by Gasteiger charge is -2.41. The van der Waals surface area contributed by atoms with E-state index < -0.39 is 0 Å². The maximum atomic E-state index is 9.30. The van der Waals surface area contributed by atoms with E-state index in [4.69, 9.17) is 4.74 Å². The molecule has 1 fully saturated rings. The van der Waals surface area contributed by atoms with E-state index in [-0.39, 0.29) is 6.61 Å². The number of hydrogen-bond donors (Lipinski definition) is 2.